The van der Waals surface area contributed by atoms with Crippen LogP contribution in [0.1, 0.15) is 22.8 Å². The summed E-state index contributed by atoms with van der Waals surface area (Å²) in [7, 11) is 0. The minimum atomic E-state index is 0.643. The summed E-state index contributed by atoms with van der Waals surface area (Å²) in [5, 5.41) is 0. The van der Waals surface area contributed by atoms with Crippen molar-refractivity contribution in [1.82, 2.24) is 0 Å². The third-order valence-electron chi connectivity index (χ3n) is 1.68. The van der Waals surface area contributed by atoms with Crippen molar-refractivity contribution in [2.45, 2.75) is 6.92 Å². The molecular weight excluding hydrogens is 162 g/mol. The van der Waals surface area contributed by atoms with E-state index in [0.717, 1.165) is 17.5 Å². The van der Waals surface area contributed by atoms with E-state index in [9.17, 15) is 4.79 Å². The van der Waals surface area contributed by atoms with E-state index < -0.39 is 0 Å². The normalized spacial score (nSPS) is 10.2. The molecule has 2 nitrogen and oxygen atoms in total. The van der Waals surface area contributed by atoms with Crippen LogP contribution in [0, 0.1) is 0 Å². The molecule has 13 heavy (non-hydrogen) atoms. The lowest BCUT2D eigenvalue weighted by molar-refractivity contribution is 0.112. The minimum Gasteiger partial charge on any atom is -0.298 e. The van der Waals surface area contributed by atoms with Crippen molar-refractivity contribution in [2.75, 3.05) is 0 Å². The smallest absolute Gasteiger partial charge is 0.150 e. The van der Waals surface area contributed by atoms with Gasteiger partial charge in [0.25, 0.3) is 0 Å². The van der Waals surface area contributed by atoms with Gasteiger partial charge in [0.2, 0.25) is 0 Å². The highest BCUT2D eigenvalue weighted by Crippen LogP contribution is 2.20. The molecule has 66 valence electrons. The largest absolute Gasteiger partial charge is 0.298 e. The summed E-state index contributed by atoms with van der Waals surface area (Å²) in [5.41, 5.74) is 2.36. The summed E-state index contributed by atoms with van der Waals surface area (Å²) in [6.07, 6.45) is 4.21. The summed E-state index contributed by atoms with van der Waals surface area (Å²) in [5.74, 6) is 0. The molecule has 0 radical (unpaired) electrons. The van der Waals surface area contributed by atoms with Gasteiger partial charge in [-0.05, 0) is 25.1 Å². The van der Waals surface area contributed by atoms with E-state index in [1.54, 1.807) is 30.5 Å². The zero-order valence-corrected chi connectivity index (χ0v) is 7.53. The summed E-state index contributed by atoms with van der Waals surface area (Å²) < 4.78 is 0. The summed E-state index contributed by atoms with van der Waals surface area (Å²) in [6.45, 7) is 5.51. The molecule has 0 N–H and O–H groups in total. The van der Waals surface area contributed by atoms with Gasteiger partial charge in [-0.25, -0.2) is 0 Å². The summed E-state index contributed by atoms with van der Waals surface area (Å²) >= 11 is 0. The van der Waals surface area contributed by atoms with E-state index in [4.69, 9.17) is 0 Å². The molecular formula is C11H11NO. The Bertz CT molecular complexity index is 353. The third kappa shape index (κ3) is 2.12. The second kappa shape index (κ2) is 4.36. The maximum atomic E-state index is 10.5. The number of nitrogens with zero attached hydrogens (tertiary/aromatic N) is 1. The average molecular weight is 173 g/mol. The van der Waals surface area contributed by atoms with Gasteiger partial charge < -0.3 is 0 Å². The quantitative estimate of drug-likeness (QED) is 0.510. The average Bonchev–Trinajstić information content (AvgIpc) is 2.19. The lowest BCUT2D eigenvalue weighted by Gasteiger charge is -2.00. The Morgan fingerprint density at radius 3 is 2.77 bits per heavy atom. The van der Waals surface area contributed by atoms with Crippen molar-refractivity contribution in [3.63, 3.8) is 0 Å². The first-order valence-corrected chi connectivity index (χ1v) is 4.02. The minimum absolute atomic E-state index is 0.643. The van der Waals surface area contributed by atoms with Crippen molar-refractivity contribution < 1.29 is 4.79 Å². The van der Waals surface area contributed by atoms with Crippen molar-refractivity contribution in [2.24, 2.45) is 4.99 Å². The van der Waals surface area contributed by atoms with Crippen molar-refractivity contribution in [3.05, 3.63) is 35.9 Å². The SMILES string of the molecule is C=Cc1cc(C=O)ccc1N=CC. The Kier molecular flexibility index (Phi) is 3.15. The van der Waals surface area contributed by atoms with Gasteiger partial charge in [-0.15, -0.1) is 0 Å². The zero-order valence-electron chi connectivity index (χ0n) is 7.53. The van der Waals surface area contributed by atoms with Crippen LogP contribution in [0.15, 0.2) is 29.8 Å². The monoisotopic (exact) mass is 173 g/mol. The molecule has 1 aromatic rings. The van der Waals surface area contributed by atoms with E-state index in [0.29, 0.717) is 5.56 Å². The topological polar surface area (TPSA) is 29.4 Å². The van der Waals surface area contributed by atoms with Gasteiger partial charge >= 0.3 is 0 Å². The van der Waals surface area contributed by atoms with E-state index in [1.807, 2.05) is 6.92 Å². The van der Waals surface area contributed by atoms with Crippen LogP contribution in [-0.2, 0) is 0 Å². The number of carbonyl (C=O) groups excluding carboxylic acids is 1. The van der Waals surface area contributed by atoms with E-state index in [-0.39, 0.29) is 0 Å². The van der Waals surface area contributed by atoms with Gasteiger partial charge in [0.15, 0.2) is 0 Å². The molecule has 0 saturated heterocycles. The number of aldehydes is 1. The molecule has 0 aliphatic rings. The molecule has 0 bridgehead atoms. The highest BCUT2D eigenvalue weighted by atomic mass is 16.1. The lowest BCUT2D eigenvalue weighted by atomic mass is 10.1. The molecule has 0 heterocycles. The highest BCUT2D eigenvalue weighted by molar-refractivity contribution is 5.79. The lowest BCUT2D eigenvalue weighted by Crippen LogP contribution is -1.81. The Labute approximate surface area is 77.6 Å². The molecule has 0 amide bonds. The van der Waals surface area contributed by atoms with Crippen molar-refractivity contribution in [1.29, 1.82) is 0 Å². The van der Waals surface area contributed by atoms with Gasteiger partial charge in [0.1, 0.15) is 6.29 Å². The maximum absolute atomic E-state index is 10.5. The van der Waals surface area contributed by atoms with Gasteiger partial charge in [-0.2, -0.15) is 0 Å². The predicted molar refractivity (Wildman–Crippen MR) is 55.7 cm³/mol. The first-order chi connectivity index (χ1) is 6.31. The van der Waals surface area contributed by atoms with Gasteiger partial charge in [-0.1, -0.05) is 12.7 Å². The van der Waals surface area contributed by atoms with Crippen LogP contribution in [0.3, 0.4) is 0 Å². The van der Waals surface area contributed by atoms with Crippen LogP contribution in [0.2, 0.25) is 0 Å². The Morgan fingerprint density at radius 2 is 2.23 bits per heavy atom. The number of benzene rings is 1. The van der Waals surface area contributed by atoms with E-state index >= 15 is 0 Å². The Balaban J connectivity index is 3.22. The fourth-order valence-corrected chi connectivity index (χ4v) is 1.07. The standard InChI is InChI=1S/C11H11NO/c1-3-10-7-9(8-13)5-6-11(10)12-4-2/h3-8H,1H2,2H3. The molecule has 0 saturated carbocycles. The Hall–Kier alpha value is -1.70. The fraction of sp³-hybridized carbons (Fsp3) is 0.0909. The number of rotatable bonds is 3. The third-order valence-corrected chi connectivity index (χ3v) is 1.68. The molecule has 0 atom stereocenters. The number of hydrogen-bond donors (Lipinski definition) is 0. The van der Waals surface area contributed by atoms with Crippen LogP contribution in [-0.4, -0.2) is 12.5 Å². The maximum Gasteiger partial charge on any atom is 0.150 e. The highest BCUT2D eigenvalue weighted by Gasteiger charge is 1.97. The molecule has 0 aromatic heterocycles. The second-order valence-electron chi connectivity index (χ2n) is 2.53. The number of hydrogen-bond acceptors (Lipinski definition) is 2. The number of carbonyl (C=O) groups is 1. The van der Waals surface area contributed by atoms with Crippen LogP contribution in [0.4, 0.5) is 5.69 Å². The first kappa shape index (κ1) is 9.39. The molecule has 0 fully saturated rings. The molecule has 0 spiro atoms. The Morgan fingerprint density at radius 1 is 1.46 bits per heavy atom. The van der Waals surface area contributed by atoms with Gasteiger partial charge in [0, 0.05) is 17.3 Å². The molecule has 0 aliphatic carbocycles. The first-order valence-electron chi connectivity index (χ1n) is 4.02. The second-order valence-corrected chi connectivity index (χ2v) is 2.53. The van der Waals surface area contributed by atoms with Crippen LogP contribution >= 0.6 is 0 Å². The van der Waals surface area contributed by atoms with Gasteiger partial charge in [-0.3, -0.25) is 9.79 Å². The van der Waals surface area contributed by atoms with E-state index in [2.05, 4.69) is 11.6 Å². The zero-order chi connectivity index (χ0) is 9.68. The van der Waals surface area contributed by atoms with Crippen LogP contribution in [0.5, 0.6) is 0 Å². The molecule has 2 heteroatoms. The van der Waals surface area contributed by atoms with Crippen molar-refractivity contribution >= 4 is 24.3 Å². The number of aliphatic imine (C=N–C) groups is 1. The van der Waals surface area contributed by atoms with Crippen LogP contribution < -0.4 is 0 Å². The molecule has 1 rings (SSSR count). The summed E-state index contributed by atoms with van der Waals surface area (Å²) in [4.78, 5) is 14.6. The molecule has 0 aliphatic heterocycles. The van der Waals surface area contributed by atoms with Crippen molar-refractivity contribution in [3.8, 4) is 0 Å². The van der Waals surface area contributed by atoms with E-state index in [1.165, 1.54) is 0 Å². The molecule has 1 aromatic carbocycles. The molecule has 0 unspecified atom stereocenters. The van der Waals surface area contributed by atoms with Gasteiger partial charge in [0.05, 0.1) is 5.69 Å². The predicted octanol–water partition coefficient (Wildman–Crippen LogP) is 2.86. The van der Waals surface area contributed by atoms with Crippen LogP contribution in [0.25, 0.3) is 6.08 Å². The fourth-order valence-electron chi connectivity index (χ4n) is 1.07. The summed E-state index contributed by atoms with van der Waals surface area (Å²) in [6, 6.07) is 5.31.